The van der Waals surface area contributed by atoms with Crippen LogP contribution in [0.3, 0.4) is 0 Å². The van der Waals surface area contributed by atoms with Crippen LogP contribution in [0.1, 0.15) is 36.0 Å². The van der Waals surface area contributed by atoms with Gasteiger partial charge in [0.15, 0.2) is 0 Å². The molecule has 0 unspecified atom stereocenters. The van der Waals surface area contributed by atoms with Crippen LogP contribution in [0, 0.1) is 0 Å². The van der Waals surface area contributed by atoms with Gasteiger partial charge in [-0.3, -0.25) is 4.79 Å². The Morgan fingerprint density at radius 2 is 1.47 bits per heavy atom. The number of amides is 2. The Kier molecular flexibility index (Phi) is 4.39. The number of rotatable bonds is 3. The van der Waals surface area contributed by atoms with Gasteiger partial charge in [0.2, 0.25) is 0 Å². The SMILES string of the molecule is O=C(O)NC1CCC(NC(=O)c2ccccc2)CC1. The van der Waals surface area contributed by atoms with Crippen molar-refractivity contribution in [3.8, 4) is 0 Å². The Hall–Kier alpha value is -2.04. The number of benzene rings is 1. The number of nitrogens with one attached hydrogen (secondary N) is 2. The number of hydrogen-bond acceptors (Lipinski definition) is 2. The van der Waals surface area contributed by atoms with Gasteiger partial charge in [-0.15, -0.1) is 0 Å². The summed E-state index contributed by atoms with van der Waals surface area (Å²) in [6.07, 6.45) is 2.18. The summed E-state index contributed by atoms with van der Waals surface area (Å²) in [6, 6.07) is 9.27. The Bertz CT molecular complexity index is 439. The third-order valence-corrected chi connectivity index (χ3v) is 3.43. The second kappa shape index (κ2) is 6.22. The molecule has 5 heteroatoms. The first-order valence-electron chi connectivity index (χ1n) is 6.50. The molecule has 1 aliphatic carbocycles. The molecule has 0 heterocycles. The zero-order chi connectivity index (χ0) is 13.7. The van der Waals surface area contributed by atoms with Crippen LogP contribution in [-0.4, -0.2) is 29.2 Å². The minimum atomic E-state index is -0.975. The highest BCUT2D eigenvalue weighted by Gasteiger charge is 2.23. The Balaban J connectivity index is 1.80. The van der Waals surface area contributed by atoms with Crippen LogP contribution < -0.4 is 10.6 Å². The molecule has 0 spiro atoms. The van der Waals surface area contributed by atoms with E-state index in [2.05, 4.69) is 10.6 Å². The largest absolute Gasteiger partial charge is 0.465 e. The van der Waals surface area contributed by atoms with Crippen LogP contribution >= 0.6 is 0 Å². The van der Waals surface area contributed by atoms with Gasteiger partial charge in [-0.1, -0.05) is 18.2 Å². The molecule has 0 bridgehead atoms. The van der Waals surface area contributed by atoms with E-state index >= 15 is 0 Å². The van der Waals surface area contributed by atoms with Gasteiger partial charge in [-0.05, 0) is 37.8 Å². The highest BCUT2D eigenvalue weighted by atomic mass is 16.4. The molecule has 0 aromatic heterocycles. The summed E-state index contributed by atoms with van der Waals surface area (Å²) < 4.78 is 0. The van der Waals surface area contributed by atoms with E-state index in [0.29, 0.717) is 5.56 Å². The molecule has 19 heavy (non-hydrogen) atoms. The lowest BCUT2D eigenvalue weighted by Crippen LogP contribution is -2.43. The average Bonchev–Trinajstić information content (AvgIpc) is 2.41. The van der Waals surface area contributed by atoms with E-state index < -0.39 is 6.09 Å². The van der Waals surface area contributed by atoms with Gasteiger partial charge >= 0.3 is 6.09 Å². The highest BCUT2D eigenvalue weighted by molar-refractivity contribution is 5.94. The molecule has 1 aliphatic rings. The molecule has 0 aliphatic heterocycles. The standard InChI is InChI=1S/C14H18N2O3/c17-13(10-4-2-1-3-5-10)15-11-6-8-12(9-7-11)16-14(18)19/h1-5,11-12,16H,6-9H2,(H,15,17)(H,18,19). The number of carbonyl (C=O) groups excluding carboxylic acids is 1. The van der Waals surface area contributed by atoms with Gasteiger partial charge in [0, 0.05) is 17.6 Å². The first-order valence-corrected chi connectivity index (χ1v) is 6.50. The molecule has 2 amide bonds. The van der Waals surface area contributed by atoms with Crippen LogP contribution in [0.2, 0.25) is 0 Å². The van der Waals surface area contributed by atoms with Crippen molar-refractivity contribution in [2.75, 3.05) is 0 Å². The van der Waals surface area contributed by atoms with Gasteiger partial charge in [0.05, 0.1) is 0 Å². The maximum atomic E-state index is 12.0. The molecule has 1 aromatic rings. The zero-order valence-corrected chi connectivity index (χ0v) is 10.6. The molecule has 1 saturated carbocycles. The fourth-order valence-corrected chi connectivity index (χ4v) is 2.41. The van der Waals surface area contributed by atoms with Crippen LogP contribution in [0.5, 0.6) is 0 Å². The predicted molar refractivity (Wildman–Crippen MR) is 71.1 cm³/mol. The topological polar surface area (TPSA) is 78.4 Å². The van der Waals surface area contributed by atoms with Gasteiger partial charge in [0.25, 0.3) is 5.91 Å². The lowest BCUT2D eigenvalue weighted by atomic mass is 9.91. The molecule has 102 valence electrons. The summed E-state index contributed by atoms with van der Waals surface area (Å²) in [7, 11) is 0. The fourth-order valence-electron chi connectivity index (χ4n) is 2.41. The van der Waals surface area contributed by atoms with Gasteiger partial charge < -0.3 is 15.7 Å². The van der Waals surface area contributed by atoms with E-state index in [1.54, 1.807) is 12.1 Å². The van der Waals surface area contributed by atoms with E-state index in [0.717, 1.165) is 25.7 Å². The maximum absolute atomic E-state index is 12.0. The average molecular weight is 262 g/mol. The summed E-state index contributed by atoms with van der Waals surface area (Å²) in [4.78, 5) is 22.5. The molecule has 0 radical (unpaired) electrons. The molecular formula is C14H18N2O3. The third-order valence-electron chi connectivity index (χ3n) is 3.43. The fraction of sp³-hybridized carbons (Fsp3) is 0.429. The van der Waals surface area contributed by atoms with E-state index in [4.69, 9.17) is 5.11 Å². The number of hydrogen-bond donors (Lipinski definition) is 3. The quantitative estimate of drug-likeness (QED) is 0.779. The Morgan fingerprint density at radius 3 is 2.00 bits per heavy atom. The van der Waals surface area contributed by atoms with Crippen molar-refractivity contribution < 1.29 is 14.7 Å². The predicted octanol–water partition coefficient (Wildman–Crippen LogP) is 2.00. The van der Waals surface area contributed by atoms with Crippen molar-refractivity contribution in [1.82, 2.24) is 10.6 Å². The lowest BCUT2D eigenvalue weighted by molar-refractivity contribution is 0.0923. The molecule has 0 saturated heterocycles. The van der Waals surface area contributed by atoms with Gasteiger partial charge in [-0.2, -0.15) is 0 Å². The minimum Gasteiger partial charge on any atom is -0.465 e. The van der Waals surface area contributed by atoms with Crippen molar-refractivity contribution >= 4 is 12.0 Å². The Morgan fingerprint density at radius 1 is 0.947 bits per heavy atom. The monoisotopic (exact) mass is 262 g/mol. The molecule has 5 nitrogen and oxygen atoms in total. The summed E-state index contributed by atoms with van der Waals surface area (Å²) in [5, 5.41) is 14.1. The third kappa shape index (κ3) is 3.98. The van der Waals surface area contributed by atoms with E-state index in [1.807, 2.05) is 18.2 Å². The second-order valence-electron chi connectivity index (χ2n) is 4.84. The molecule has 1 aromatic carbocycles. The van der Waals surface area contributed by atoms with E-state index in [9.17, 15) is 9.59 Å². The molecule has 3 N–H and O–H groups in total. The van der Waals surface area contributed by atoms with Gasteiger partial charge in [-0.25, -0.2) is 4.79 Å². The molecule has 0 atom stereocenters. The zero-order valence-electron chi connectivity index (χ0n) is 10.6. The molecular weight excluding hydrogens is 244 g/mol. The van der Waals surface area contributed by atoms with Crippen LogP contribution in [-0.2, 0) is 0 Å². The first kappa shape index (κ1) is 13.4. The maximum Gasteiger partial charge on any atom is 0.404 e. The van der Waals surface area contributed by atoms with Gasteiger partial charge in [0.1, 0.15) is 0 Å². The summed E-state index contributed by atoms with van der Waals surface area (Å²) in [6.45, 7) is 0. The highest BCUT2D eigenvalue weighted by Crippen LogP contribution is 2.19. The van der Waals surface area contributed by atoms with Crippen molar-refractivity contribution in [3.63, 3.8) is 0 Å². The minimum absolute atomic E-state index is 0.0161. The van der Waals surface area contributed by atoms with Crippen molar-refractivity contribution in [2.45, 2.75) is 37.8 Å². The number of carboxylic acid groups (broad SMARTS) is 1. The number of carbonyl (C=O) groups is 2. The second-order valence-corrected chi connectivity index (χ2v) is 4.84. The van der Waals surface area contributed by atoms with Crippen molar-refractivity contribution in [2.24, 2.45) is 0 Å². The Labute approximate surface area is 112 Å². The first-order chi connectivity index (χ1) is 9.15. The normalized spacial score (nSPS) is 22.5. The lowest BCUT2D eigenvalue weighted by Gasteiger charge is -2.28. The molecule has 1 fully saturated rings. The smallest absolute Gasteiger partial charge is 0.404 e. The van der Waals surface area contributed by atoms with Crippen LogP contribution in [0.4, 0.5) is 4.79 Å². The summed E-state index contributed by atoms with van der Waals surface area (Å²) in [5.74, 6) is -0.0600. The summed E-state index contributed by atoms with van der Waals surface area (Å²) >= 11 is 0. The van der Waals surface area contributed by atoms with Crippen molar-refractivity contribution in [3.05, 3.63) is 35.9 Å². The van der Waals surface area contributed by atoms with E-state index in [1.165, 1.54) is 0 Å². The van der Waals surface area contributed by atoms with Crippen molar-refractivity contribution in [1.29, 1.82) is 0 Å². The van der Waals surface area contributed by atoms with E-state index in [-0.39, 0.29) is 18.0 Å². The van der Waals surface area contributed by atoms with Crippen LogP contribution in [0.15, 0.2) is 30.3 Å². The summed E-state index contributed by atoms with van der Waals surface area (Å²) in [5.41, 5.74) is 0.660. The molecule has 2 rings (SSSR count). The van der Waals surface area contributed by atoms with Crippen LogP contribution in [0.25, 0.3) is 0 Å².